The van der Waals surface area contributed by atoms with E-state index in [0.29, 0.717) is 20.6 Å². The Kier molecular flexibility index (Phi) is 3.28. The van der Waals surface area contributed by atoms with Gasteiger partial charge < -0.3 is 4.98 Å². The second-order valence-corrected chi connectivity index (χ2v) is 6.02. The van der Waals surface area contributed by atoms with Gasteiger partial charge in [-0.3, -0.25) is 4.57 Å². The molecule has 0 bridgehead atoms. The molecule has 0 amide bonds. The SMILES string of the molecule is Fc1cccc(Br)c1-n1c(=S)[nH]c2cc(Br)cnc21. The van der Waals surface area contributed by atoms with E-state index < -0.39 is 0 Å². The summed E-state index contributed by atoms with van der Waals surface area (Å²) in [4.78, 5) is 7.31. The van der Waals surface area contributed by atoms with Crippen molar-refractivity contribution in [2.45, 2.75) is 0 Å². The summed E-state index contributed by atoms with van der Waals surface area (Å²) >= 11 is 11.9. The van der Waals surface area contributed by atoms with E-state index >= 15 is 0 Å². The number of imidazole rings is 1. The molecule has 2 aromatic heterocycles. The van der Waals surface area contributed by atoms with Crippen LogP contribution in [-0.2, 0) is 0 Å². The normalized spacial score (nSPS) is 11.1. The first kappa shape index (κ1) is 13.0. The van der Waals surface area contributed by atoms with Crippen molar-refractivity contribution in [3.8, 4) is 5.69 Å². The van der Waals surface area contributed by atoms with E-state index in [0.717, 1.165) is 9.99 Å². The largest absolute Gasteiger partial charge is 0.329 e. The van der Waals surface area contributed by atoms with Crippen molar-refractivity contribution in [1.82, 2.24) is 14.5 Å². The number of H-pyrrole nitrogens is 1. The summed E-state index contributed by atoms with van der Waals surface area (Å²) in [7, 11) is 0. The number of para-hydroxylation sites is 1. The Morgan fingerprint density at radius 2 is 2.11 bits per heavy atom. The lowest BCUT2D eigenvalue weighted by atomic mass is 10.3. The Morgan fingerprint density at radius 1 is 1.32 bits per heavy atom. The summed E-state index contributed by atoms with van der Waals surface area (Å²) in [6, 6.07) is 6.63. The smallest absolute Gasteiger partial charge is 0.184 e. The number of nitrogens with one attached hydrogen (secondary N) is 1. The average Bonchev–Trinajstić information content (AvgIpc) is 2.65. The fraction of sp³-hybridized carbons (Fsp3) is 0. The van der Waals surface area contributed by atoms with Crippen LogP contribution >= 0.6 is 44.1 Å². The van der Waals surface area contributed by atoms with Crippen molar-refractivity contribution in [3.05, 3.63) is 50.0 Å². The van der Waals surface area contributed by atoms with Crippen molar-refractivity contribution in [2.75, 3.05) is 0 Å². The summed E-state index contributed by atoms with van der Waals surface area (Å²) in [5, 5.41) is 0. The fourth-order valence-corrected chi connectivity index (χ4v) is 3.02. The van der Waals surface area contributed by atoms with Gasteiger partial charge in [0.25, 0.3) is 0 Å². The van der Waals surface area contributed by atoms with E-state index in [1.807, 2.05) is 6.07 Å². The van der Waals surface area contributed by atoms with Crippen LogP contribution in [0.3, 0.4) is 0 Å². The van der Waals surface area contributed by atoms with Gasteiger partial charge in [-0.05, 0) is 62.3 Å². The fourth-order valence-electron chi connectivity index (χ4n) is 1.88. The van der Waals surface area contributed by atoms with Gasteiger partial charge in [0, 0.05) is 15.1 Å². The van der Waals surface area contributed by atoms with Gasteiger partial charge in [0.1, 0.15) is 5.82 Å². The van der Waals surface area contributed by atoms with E-state index in [2.05, 4.69) is 41.8 Å². The molecule has 0 saturated heterocycles. The van der Waals surface area contributed by atoms with E-state index in [9.17, 15) is 4.39 Å². The molecule has 0 spiro atoms. The maximum Gasteiger partial charge on any atom is 0.184 e. The molecule has 19 heavy (non-hydrogen) atoms. The third-order valence-electron chi connectivity index (χ3n) is 2.65. The third kappa shape index (κ3) is 2.15. The highest BCUT2D eigenvalue weighted by Gasteiger charge is 2.14. The second-order valence-electron chi connectivity index (χ2n) is 3.86. The Bertz CT molecular complexity index is 820. The molecule has 3 nitrogen and oxygen atoms in total. The molecule has 2 heterocycles. The molecule has 96 valence electrons. The summed E-state index contributed by atoms with van der Waals surface area (Å²) < 4.78 is 17.5. The van der Waals surface area contributed by atoms with Crippen molar-refractivity contribution < 1.29 is 4.39 Å². The summed E-state index contributed by atoms with van der Waals surface area (Å²) in [5.74, 6) is -0.365. The van der Waals surface area contributed by atoms with E-state index in [1.54, 1.807) is 22.9 Å². The zero-order valence-corrected chi connectivity index (χ0v) is 13.3. The molecule has 0 aliphatic carbocycles. The molecule has 0 fully saturated rings. The number of fused-ring (bicyclic) bond motifs is 1. The highest BCUT2D eigenvalue weighted by atomic mass is 79.9. The molecule has 1 N–H and O–H groups in total. The van der Waals surface area contributed by atoms with Crippen LogP contribution < -0.4 is 0 Å². The van der Waals surface area contributed by atoms with Crippen LogP contribution in [0.15, 0.2) is 39.4 Å². The van der Waals surface area contributed by atoms with Crippen molar-refractivity contribution in [3.63, 3.8) is 0 Å². The van der Waals surface area contributed by atoms with Gasteiger partial charge in [-0.25, -0.2) is 9.37 Å². The summed E-state index contributed by atoms with van der Waals surface area (Å²) in [5.41, 5.74) is 1.68. The Balaban J connectivity index is 2.43. The lowest BCUT2D eigenvalue weighted by molar-refractivity contribution is 0.617. The van der Waals surface area contributed by atoms with Crippen LogP contribution in [-0.4, -0.2) is 14.5 Å². The molecule has 3 aromatic rings. The van der Waals surface area contributed by atoms with Gasteiger partial charge in [0.05, 0.1) is 11.2 Å². The molecule has 0 aliphatic heterocycles. The predicted octanol–water partition coefficient (Wildman–Crippen LogP) is 4.75. The summed E-state index contributed by atoms with van der Waals surface area (Å²) in [6.07, 6.45) is 1.65. The molecule has 0 radical (unpaired) electrons. The lowest BCUT2D eigenvalue weighted by Gasteiger charge is -2.07. The number of aromatic nitrogens is 3. The second kappa shape index (κ2) is 4.81. The Labute approximate surface area is 129 Å². The maximum absolute atomic E-state index is 14.1. The number of benzene rings is 1. The molecule has 3 rings (SSSR count). The minimum absolute atomic E-state index is 0.355. The number of halogens is 3. The molecule has 0 saturated carbocycles. The number of pyridine rings is 1. The van der Waals surface area contributed by atoms with E-state index in [1.165, 1.54) is 6.07 Å². The molecule has 0 unspecified atom stereocenters. The van der Waals surface area contributed by atoms with Crippen molar-refractivity contribution >= 4 is 55.2 Å². The van der Waals surface area contributed by atoms with Gasteiger partial charge >= 0.3 is 0 Å². The van der Waals surface area contributed by atoms with Gasteiger partial charge in [-0.2, -0.15) is 0 Å². The molecule has 7 heteroatoms. The highest BCUT2D eigenvalue weighted by molar-refractivity contribution is 9.10. The van der Waals surface area contributed by atoms with Gasteiger partial charge in [-0.15, -0.1) is 0 Å². The monoisotopic (exact) mass is 401 g/mol. The third-order valence-corrected chi connectivity index (χ3v) is 4.01. The first-order valence-corrected chi connectivity index (χ1v) is 7.28. The number of aromatic amines is 1. The van der Waals surface area contributed by atoms with Crippen LogP contribution in [0, 0.1) is 10.6 Å². The van der Waals surface area contributed by atoms with Crippen LogP contribution in [0.4, 0.5) is 4.39 Å². The number of rotatable bonds is 1. The number of hydrogen-bond donors (Lipinski definition) is 1. The van der Waals surface area contributed by atoms with Crippen LogP contribution in [0.5, 0.6) is 0 Å². The van der Waals surface area contributed by atoms with Crippen LogP contribution in [0.2, 0.25) is 0 Å². The lowest BCUT2D eigenvalue weighted by Crippen LogP contribution is -2.00. The zero-order chi connectivity index (χ0) is 13.6. The van der Waals surface area contributed by atoms with Crippen molar-refractivity contribution in [2.24, 2.45) is 0 Å². The molecule has 0 aliphatic rings. The Morgan fingerprint density at radius 3 is 2.84 bits per heavy atom. The predicted molar refractivity (Wildman–Crippen MR) is 81.6 cm³/mol. The Hall–Kier alpha value is -1.05. The molecule has 0 atom stereocenters. The standard InChI is InChI=1S/C12H6Br2FN3S/c13-6-4-9-11(16-5-6)18(12(19)17-9)10-7(14)2-1-3-8(10)15/h1-5H,(H,17,19). The van der Waals surface area contributed by atoms with Gasteiger partial charge in [-0.1, -0.05) is 6.07 Å². The molecule has 1 aromatic carbocycles. The van der Waals surface area contributed by atoms with Gasteiger partial charge in [0.15, 0.2) is 10.4 Å². The van der Waals surface area contributed by atoms with Crippen LogP contribution in [0.25, 0.3) is 16.9 Å². The highest BCUT2D eigenvalue weighted by Crippen LogP contribution is 2.28. The van der Waals surface area contributed by atoms with Gasteiger partial charge in [0.2, 0.25) is 0 Å². The van der Waals surface area contributed by atoms with E-state index in [-0.39, 0.29) is 5.82 Å². The number of hydrogen-bond acceptors (Lipinski definition) is 2. The first-order chi connectivity index (χ1) is 9.08. The quantitative estimate of drug-likeness (QED) is 0.596. The van der Waals surface area contributed by atoms with E-state index in [4.69, 9.17) is 12.2 Å². The summed E-state index contributed by atoms with van der Waals surface area (Å²) in [6.45, 7) is 0. The zero-order valence-electron chi connectivity index (χ0n) is 9.32. The van der Waals surface area contributed by atoms with Crippen LogP contribution in [0.1, 0.15) is 0 Å². The minimum Gasteiger partial charge on any atom is -0.329 e. The minimum atomic E-state index is -0.365. The number of nitrogens with zero attached hydrogens (tertiary/aromatic N) is 2. The molecular formula is C12H6Br2FN3S. The average molecular weight is 403 g/mol. The first-order valence-electron chi connectivity index (χ1n) is 5.28. The maximum atomic E-state index is 14.1. The molecular weight excluding hydrogens is 397 g/mol. The topological polar surface area (TPSA) is 33.6 Å². The van der Waals surface area contributed by atoms with Crippen molar-refractivity contribution in [1.29, 1.82) is 0 Å².